The quantitative estimate of drug-likeness (QED) is 0.410. The van der Waals surface area contributed by atoms with Gasteiger partial charge in [-0.05, 0) is 50.3 Å². The number of hydrogen-bond donors (Lipinski definition) is 3. The smallest absolute Gasteiger partial charge is 0.245 e. The lowest BCUT2D eigenvalue weighted by Crippen LogP contribution is -2.20. The first-order valence-corrected chi connectivity index (χ1v) is 10.7. The zero-order chi connectivity index (χ0) is 22.2. The molecule has 10 nitrogen and oxygen atoms in total. The van der Waals surface area contributed by atoms with Crippen molar-refractivity contribution in [2.75, 3.05) is 16.4 Å². The maximum atomic E-state index is 12.7. The lowest BCUT2D eigenvalue weighted by atomic mass is 10.1. The molecular weight excluding hydrogens is 406 g/mol. The minimum atomic E-state index is -0.207. The molecule has 1 aliphatic carbocycles. The molecule has 0 unspecified atom stereocenters. The van der Waals surface area contributed by atoms with Crippen LogP contribution in [0.1, 0.15) is 36.9 Å². The van der Waals surface area contributed by atoms with Gasteiger partial charge >= 0.3 is 0 Å². The second-order valence-electron chi connectivity index (χ2n) is 8.03. The number of fused-ring (bicyclic) bond motifs is 1. The van der Waals surface area contributed by atoms with Gasteiger partial charge in [-0.15, -0.1) is 0 Å². The molecule has 1 aliphatic rings. The molecule has 0 bridgehead atoms. The largest absolute Gasteiger partial charge is 0.368 e. The zero-order valence-electron chi connectivity index (χ0n) is 18.0. The van der Waals surface area contributed by atoms with E-state index >= 15 is 0 Å². The highest BCUT2D eigenvalue weighted by Crippen LogP contribution is 2.40. The summed E-state index contributed by atoms with van der Waals surface area (Å²) in [6.07, 6.45) is 4.10. The van der Waals surface area contributed by atoms with E-state index in [0.29, 0.717) is 35.3 Å². The summed E-state index contributed by atoms with van der Waals surface area (Å²) in [6.45, 7) is 4.56. The first kappa shape index (κ1) is 20.0. The summed E-state index contributed by atoms with van der Waals surface area (Å²) in [6, 6.07) is 10.2. The topological polar surface area (TPSA) is 129 Å². The Morgan fingerprint density at radius 1 is 1.22 bits per heavy atom. The Balaban J connectivity index is 1.36. The van der Waals surface area contributed by atoms with Gasteiger partial charge in [0.25, 0.3) is 0 Å². The molecule has 1 amide bonds. The van der Waals surface area contributed by atoms with Crippen LogP contribution in [0.4, 0.5) is 23.3 Å². The van der Waals surface area contributed by atoms with Crippen LogP contribution >= 0.6 is 0 Å². The number of benzene rings is 1. The molecule has 4 aromatic rings. The second-order valence-corrected chi connectivity index (χ2v) is 8.03. The first-order valence-electron chi connectivity index (χ1n) is 10.7. The molecule has 1 aromatic carbocycles. The minimum Gasteiger partial charge on any atom is -0.368 e. The van der Waals surface area contributed by atoms with E-state index in [1.807, 2.05) is 32.0 Å². The molecule has 164 valence electrons. The number of aryl methyl sites for hydroxylation is 2. The number of imidazole rings is 1. The van der Waals surface area contributed by atoms with Crippen LogP contribution in [0.2, 0.25) is 0 Å². The van der Waals surface area contributed by atoms with Crippen molar-refractivity contribution < 1.29 is 4.79 Å². The zero-order valence-corrected chi connectivity index (χ0v) is 18.0. The third-order valence-electron chi connectivity index (χ3n) is 5.49. The van der Waals surface area contributed by atoms with Crippen molar-refractivity contribution in [2.45, 2.75) is 45.7 Å². The predicted molar refractivity (Wildman–Crippen MR) is 123 cm³/mol. The average molecular weight is 432 g/mol. The predicted octanol–water partition coefficient (Wildman–Crippen LogP) is 3.19. The van der Waals surface area contributed by atoms with Crippen molar-refractivity contribution in [3.8, 4) is 0 Å². The number of carbonyl (C=O) groups excluding carboxylic acids is 1. The van der Waals surface area contributed by atoms with Crippen LogP contribution < -0.4 is 16.4 Å². The van der Waals surface area contributed by atoms with Crippen LogP contribution in [-0.2, 0) is 17.9 Å². The third kappa shape index (κ3) is 3.98. The fraction of sp³-hybridized carbons (Fsp3) is 0.318. The summed E-state index contributed by atoms with van der Waals surface area (Å²) in [5.41, 5.74) is 10.1. The lowest BCUT2D eigenvalue weighted by molar-refractivity contribution is -0.116. The number of carbonyl (C=O) groups is 1. The third-order valence-corrected chi connectivity index (χ3v) is 5.49. The van der Waals surface area contributed by atoms with Gasteiger partial charge in [0.2, 0.25) is 11.9 Å². The van der Waals surface area contributed by atoms with E-state index in [2.05, 4.69) is 42.8 Å². The van der Waals surface area contributed by atoms with Gasteiger partial charge in [-0.1, -0.05) is 12.1 Å². The number of nitrogens with one attached hydrogen (secondary N) is 2. The van der Waals surface area contributed by atoms with Crippen LogP contribution in [0.25, 0.3) is 11.2 Å². The van der Waals surface area contributed by atoms with E-state index in [4.69, 9.17) is 5.73 Å². The summed E-state index contributed by atoms with van der Waals surface area (Å²) in [5.74, 6) is 1.76. The van der Waals surface area contributed by atoms with Gasteiger partial charge in [-0.3, -0.25) is 4.79 Å². The molecule has 0 radical (unpaired) electrons. The van der Waals surface area contributed by atoms with Gasteiger partial charge in [-0.2, -0.15) is 15.1 Å². The maximum Gasteiger partial charge on any atom is 0.245 e. The van der Waals surface area contributed by atoms with Crippen molar-refractivity contribution in [3.05, 3.63) is 47.9 Å². The molecule has 1 saturated carbocycles. The molecule has 3 heterocycles. The lowest BCUT2D eigenvalue weighted by Gasteiger charge is -2.09. The van der Waals surface area contributed by atoms with Crippen LogP contribution in [0.3, 0.4) is 0 Å². The number of nitrogens with zero attached hydrogens (tertiary/aromatic N) is 6. The maximum absolute atomic E-state index is 12.7. The Bertz CT molecular complexity index is 1280. The van der Waals surface area contributed by atoms with Gasteiger partial charge in [-0.25, -0.2) is 9.67 Å². The SMILES string of the molecule is CCn1nc(C)cc1NC(=O)Cn1cnc2c(Nc3ccc(C4CC4)cc3)nc(N)nc21. The highest BCUT2D eigenvalue weighted by atomic mass is 16.2. The van der Waals surface area contributed by atoms with Gasteiger partial charge in [0.05, 0.1) is 12.0 Å². The summed E-state index contributed by atoms with van der Waals surface area (Å²) >= 11 is 0. The molecule has 3 aromatic heterocycles. The number of amides is 1. The Kier molecular flexibility index (Phi) is 4.96. The minimum absolute atomic E-state index is 0.0381. The molecule has 5 rings (SSSR count). The normalized spacial score (nSPS) is 13.4. The molecule has 0 saturated heterocycles. The molecule has 1 fully saturated rings. The van der Waals surface area contributed by atoms with Gasteiger partial charge in [0.1, 0.15) is 12.4 Å². The standard InChI is InChI=1S/C22H25N9O/c1-3-31-17(10-13(2)29-31)26-18(32)11-30-12-24-19-20(27-22(23)28-21(19)30)25-16-8-6-15(7-9-16)14-4-5-14/h6-10,12,14H,3-5,11H2,1-2H3,(H,26,32)(H3,23,25,27,28). The van der Waals surface area contributed by atoms with Gasteiger partial charge < -0.3 is 20.9 Å². The van der Waals surface area contributed by atoms with E-state index in [1.165, 1.54) is 18.4 Å². The van der Waals surface area contributed by atoms with Crippen molar-refractivity contribution in [2.24, 2.45) is 0 Å². The number of nitrogen functional groups attached to an aromatic ring is 1. The van der Waals surface area contributed by atoms with E-state index < -0.39 is 0 Å². The second kappa shape index (κ2) is 7.95. The fourth-order valence-electron chi connectivity index (χ4n) is 3.78. The van der Waals surface area contributed by atoms with E-state index in [0.717, 1.165) is 11.4 Å². The summed E-state index contributed by atoms with van der Waals surface area (Å²) in [4.78, 5) is 25.7. The molecule has 0 atom stereocenters. The van der Waals surface area contributed by atoms with Crippen LogP contribution in [0.15, 0.2) is 36.7 Å². The van der Waals surface area contributed by atoms with E-state index in [-0.39, 0.29) is 18.4 Å². The first-order chi connectivity index (χ1) is 15.5. The Morgan fingerprint density at radius 2 is 2.00 bits per heavy atom. The summed E-state index contributed by atoms with van der Waals surface area (Å²) in [5, 5.41) is 10.5. The highest BCUT2D eigenvalue weighted by Gasteiger charge is 2.23. The monoisotopic (exact) mass is 431 g/mol. The molecule has 0 spiro atoms. The van der Waals surface area contributed by atoms with Crippen molar-refractivity contribution in [1.29, 1.82) is 0 Å². The van der Waals surface area contributed by atoms with Crippen LogP contribution in [0, 0.1) is 6.92 Å². The van der Waals surface area contributed by atoms with Crippen molar-refractivity contribution in [1.82, 2.24) is 29.3 Å². The van der Waals surface area contributed by atoms with E-state index in [9.17, 15) is 4.79 Å². The number of hydrogen-bond acceptors (Lipinski definition) is 7. The van der Waals surface area contributed by atoms with Crippen molar-refractivity contribution >= 4 is 40.3 Å². The number of aromatic nitrogens is 6. The molecular formula is C22H25N9O. The molecule has 32 heavy (non-hydrogen) atoms. The van der Waals surface area contributed by atoms with Gasteiger partial charge in [0, 0.05) is 18.3 Å². The van der Waals surface area contributed by atoms with Crippen molar-refractivity contribution in [3.63, 3.8) is 0 Å². The number of nitrogens with two attached hydrogens (primary N) is 1. The number of rotatable bonds is 7. The Labute approximate surface area is 184 Å². The number of anilines is 4. The molecule has 4 N–H and O–H groups in total. The average Bonchev–Trinajstić information content (AvgIpc) is 3.45. The van der Waals surface area contributed by atoms with Crippen LogP contribution in [0.5, 0.6) is 0 Å². The highest BCUT2D eigenvalue weighted by molar-refractivity contribution is 5.92. The molecule has 10 heteroatoms. The fourth-order valence-corrected chi connectivity index (χ4v) is 3.78. The summed E-state index contributed by atoms with van der Waals surface area (Å²) in [7, 11) is 0. The summed E-state index contributed by atoms with van der Waals surface area (Å²) < 4.78 is 3.40. The van der Waals surface area contributed by atoms with E-state index in [1.54, 1.807) is 15.6 Å². The van der Waals surface area contributed by atoms with Crippen LogP contribution in [-0.4, -0.2) is 35.2 Å². The molecule has 0 aliphatic heterocycles. The Hall–Kier alpha value is -3.95. The van der Waals surface area contributed by atoms with Gasteiger partial charge in [0.15, 0.2) is 17.0 Å². The Morgan fingerprint density at radius 3 is 2.72 bits per heavy atom.